The quantitative estimate of drug-likeness (QED) is 0.918. The molecule has 5 heteroatoms. The molecule has 3 nitrogen and oxygen atoms in total. The predicted molar refractivity (Wildman–Crippen MR) is 75.9 cm³/mol. The molecule has 0 aliphatic heterocycles. The number of benzene rings is 1. The maximum atomic E-state index is 11.1. The molecule has 1 N–H and O–H groups in total. The average molecular weight is 326 g/mol. The van der Waals surface area contributed by atoms with Crippen LogP contribution in [-0.2, 0) is 4.79 Å². The van der Waals surface area contributed by atoms with Crippen LogP contribution in [0.5, 0.6) is 0 Å². The molecule has 0 aliphatic carbocycles. The SMILES string of the molecule is CCC(C(=O)O)c1csc(-c2ccccc2Br)n1. The van der Waals surface area contributed by atoms with Crippen molar-refractivity contribution >= 4 is 33.2 Å². The molecule has 1 aromatic carbocycles. The molecule has 1 atom stereocenters. The lowest BCUT2D eigenvalue weighted by molar-refractivity contribution is -0.138. The van der Waals surface area contributed by atoms with E-state index in [1.807, 2.05) is 36.6 Å². The molecule has 0 amide bonds. The Balaban J connectivity index is 2.36. The fourth-order valence-corrected chi connectivity index (χ4v) is 3.23. The van der Waals surface area contributed by atoms with Crippen LogP contribution in [0, 0.1) is 0 Å². The molecular weight excluding hydrogens is 314 g/mol. The number of hydrogen-bond acceptors (Lipinski definition) is 3. The fourth-order valence-electron chi connectivity index (χ4n) is 1.71. The predicted octanol–water partition coefficient (Wildman–Crippen LogP) is 4.15. The van der Waals surface area contributed by atoms with Gasteiger partial charge in [-0.1, -0.05) is 41.1 Å². The third-order valence-corrected chi connectivity index (χ3v) is 4.27. The third-order valence-electron chi connectivity index (χ3n) is 2.69. The maximum absolute atomic E-state index is 11.1. The molecule has 2 aromatic rings. The minimum absolute atomic E-state index is 0.516. The summed E-state index contributed by atoms with van der Waals surface area (Å²) >= 11 is 4.95. The van der Waals surface area contributed by atoms with Crippen molar-refractivity contribution in [3.63, 3.8) is 0 Å². The van der Waals surface area contributed by atoms with Crippen LogP contribution < -0.4 is 0 Å². The van der Waals surface area contributed by atoms with Gasteiger partial charge in [0.2, 0.25) is 0 Å². The largest absolute Gasteiger partial charge is 0.481 e. The maximum Gasteiger partial charge on any atom is 0.312 e. The Bertz CT molecular complexity index is 568. The van der Waals surface area contributed by atoms with Crippen LogP contribution in [0.15, 0.2) is 34.1 Å². The van der Waals surface area contributed by atoms with Crippen molar-refractivity contribution < 1.29 is 9.90 Å². The molecule has 0 saturated carbocycles. The van der Waals surface area contributed by atoms with Gasteiger partial charge in [0, 0.05) is 15.4 Å². The van der Waals surface area contributed by atoms with E-state index in [2.05, 4.69) is 20.9 Å². The molecule has 18 heavy (non-hydrogen) atoms. The molecule has 1 unspecified atom stereocenters. The van der Waals surface area contributed by atoms with Crippen molar-refractivity contribution in [3.8, 4) is 10.6 Å². The van der Waals surface area contributed by atoms with E-state index in [1.165, 1.54) is 11.3 Å². The van der Waals surface area contributed by atoms with Gasteiger partial charge in [0.25, 0.3) is 0 Å². The second-order valence-electron chi connectivity index (χ2n) is 3.86. The lowest BCUT2D eigenvalue weighted by atomic mass is 10.0. The van der Waals surface area contributed by atoms with Gasteiger partial charge in [-0.3, -0.25) is 4.79 Å². The highest BCUT2D eigenvalue weighted by Gasteiger charge is 2.21. The van der Waals surface area contributed by atoms with Gasteiger partial charge in [-0.2, -0.15) is 0 Å². The molecule has 2 rings (SSSR count). The minimum atomic E-state index is -0.818. The van der Waals surface area contributed by atoms with Gasteiger partial charge in [-0.25, -0.2) is 4.98 Å². The number of rotatable bonds is 4. The van der Waals surface area contributed by atoms with Gasteiger partial charge in [0.1, 0.15) is 5.01 Å². The Hall–Kier alpha value is -1.20. The van der Waals surface area contributed by atoms with Gasteiger partial charge >= 0.3 is 5.97 Å². The summed E-state index contributed by atoms with van der Waals surface area (Å²) in [6.45, 7) is 1.86. The molecule has 1 aromatic heterocycles. The van der Waals surface area contributed by atoms with Crippen LogP contribution in [0.25, 0.3) is 10.6 Å². The van der Waals surface area contributed by atoms with E-state index in [4.69, 9.17) is 5.11 Å². The first-order valence-corrected chi connectivity index (χ1v) is 7.24. The van der Waals surface area contributed by atoms with Crippen molar-refractivity contribution in [1.82, 2.24) is 4.98 Å². The van der Waals surface area contributed by atoms with Gasteiger partial charge in [0.15, 0.2) is 0 Å². The first-order chi connectivity index (χ1) is 8.63. The number of aliphatic carboxylic acids is 1. The Kier molecular flexibility index (Phi) is 4.14. The normalized spacial score (nSPS) is 12.3. The van der Waals surface area contributed by atoms with Crippen LogP contribution in [0.2, 0.25) is 0 Å². The van der Waals surface area contributed by atoms with E-state index in [-0.39, 0.29) is 0 Å². The standard InChI is InChI=1S/C13H12BrNO2S/c1-2-8(13(16)17)11-7-18-12(15-11)9-5-3-4-6-10(9)14/h3-8H,2H2,1H3,(H,16,17). The fraction of sp³-hybridized carbons (Fsp3) is 0.231. The number of carboxylic acids is 1. The number of carboxylic acid groups (broad SMARTS) is 1. The van der Waals surface area contributed by atoms with E-state index in [0.717, 1.165) is 15.0 Å². The highest BCUT2D eigenvalue weighted by Crippen LogP contribution is 2.32. The summed E-state index contributed by atoms with van der Waals surface area (Å²) in [6, 6.07) is 7.79. The van der Waals surface area contributed by atoms with Crippen molar-refractivity contribution in [2.24, 2.45) is 0 Å². The van der Waals surface area contributed by atoms with E-state index in [1.54, 1.807) is 0 Å². The summed E-state index contributed by atoms with van der Waals surface area (Å²) in [5, 5.41) is 11.8. The van der Waals surface area contributed by atoms with Crippen molar-refractivity contribution in [1.29, 1.82) is 0 Å². The van der Waals surface area contributed by atoms with E-state index < -0.39 is 11.9 Å². The topological polar surface area (TPSA) is 50.2 Å². The number of halogens is 1. The summed E-state index contributed by atoms with van der Waals surface area (Å²) in [7, 11) is 0. The van der Waals surface area contributed by atoms with E-state index in [0.29, 0.717) is 12.1 Å². The Morgan fingerprint density at radius 1 is 1.50 bits per heavy atom. The number of nitrogens with zero attached hydrogens (tertiary/aromatic N) is 1. The van der Waals surface area contributed by atoms with Gasteiger partial charge in [0.05, 0.1) is 11.6 Å². The highest BCUT2D eigenvalue weighted by atomic mass is 79.9. The summed E-state index contributed by atoms with van der Waals surface area (Å²) in [4.78, 5) is 15.5. The number of thiazole rings is 1. The number of aromatic nitrogens is 1. The molecule has 0 fully saturated rings. The lowest BCUT2D eigenvalue weighted by Gasteiger charge is -2.05. The number of hydrogen-bond donors (Lipinski definition) is 1. The number of carbonyl (C=O) groups is 1. The summed E-state index contributed by atoms with van der Waals surface area (Å²) in [5.74, 6) is -1.33. The molecule has 1 heterocycles. The summed E-state index contributed by atoms with van der Waals surface area (Å²) < 4.78 is 0.967. The molecule has 0 saturated heterocycles. The van der Waals surface area contributed by atoms with Crippen LogP contribution in [0.4, 0.5) is 0 Å². The molecule has 0 radical (unpaired) electrons. The van der Waals surface area contributed by atoms with E-state index >= 15 is 0 Å². The smallest absolute Gasteiger partial charge is 0.312 e. The van der Waals surface area contributed by atoms with Gasteiger partial charge in [-0.15, -0.1) is 11.3 Å². The van der Waals surface area contributed by atoms with Crippen LogP contribution in [0.1, 0.15) is 25.0 Å². The lowest BCUT2D eigenvalue weighted by Crippen LogP contribution is -2.10. The zero-order valence-electron chi connectivity index (χ0n) is 9.76. The Labute approximate surface area is 118 Å². The summed E-state index contributed by atoms with van der Waals surface area (Å²) in [6.07, 6.45) is 0.550. The Morgan fingerprint density at radius 2 is 2.22 bits per heavy atom. The minimum Gasteiger partial charge on any atom is -0.481 e. The van der Waals surface area contributed by atoms with Crippen LogP contribution in [-0.4, -0.2) is 16.1 Å². The zero-order chi connectivity index (χ0) is 13.1. The monoisotopic (exact) mass is 325 g/mol. The van der Waals surface area contributed by atoms with Gasteiger partial charge in [-0.05, 0) is 12.5 Å². The highest BCUT2D eigenvalue weighted by molar-refractivity contribution is 9.10. The third kappa shape index (κ3) is 2.62. The van der Waals surface area contributed by atoms with Crippen molar-refractivity contribution in [3.05, 3.63) is 39.8 Å². The van der Waals surface area contributed by atoms with Crippen molar-refractivity contribution in [2.45, 2.75) is 19.3 Å². The molecule has 0 bridgehead atoms. The second kappa shape index (κ2) is 5.63. The Morgan fingerprint density at radius 3 is 2.83 bits per heavy atom. The van der Waals surface area contributed by atoms with Gasteiger partial charge < -0.3 is 5.11 Å². The van der Waals surface area contributed by atoms with Crippen LogP contribution >= 0.6 is 27.3 Å². The molecule has 94 valence electrons. The molecule has 0 aliphatic rings. The summed E-state index contributed by atoms with van der Waals surface area (Å²) in [5.41, 5.74) is 1.63. The first kappa shape index (κ1) is 13.2. The van der Waals surface area contributed by atoms with Crippen LogP contribution in [0.3, 0.4) is 0 Å². The van der Waals surface area contributed by atoms with Crippen molar-refractivity contribution in [2.75, 3.05) is 0 Å². The molecular formula is C13H12BrNO2S. The molecule has 0 spiro atoms. The van der Waals surface area contributed by atoms with E-state index in [9.17, 15) is 4.79 Å². The second-order valence-corrected chi connectivity index (χ2v) is 5.57. The first-order valence-electron chi connectivity index (χ1n) is 5.56. The average Bonchev–Trinajstić information content (AvgIpc) is 2.79. The zero-order valence-corrected chi connectivity index (χ0v) is 12.2.